The first-order chi connectivity index (χ1) is 15.1. The van der Waals surface area contributed by atoms with Crippen molar-refractivity contribution < 1.29 is 14.2 Å². The van der Waals surface area contributed by atoms with Gasteiger partial charge in [0.15, 0.2) is 4.80 Å². The first-order valence-electron chi connectivity index (χ1n) is 10.8. The quantitative estimate of drug-likeness (QED) is 0.470. The first kappa shape index (κ1) is 21.7. The Morgan fingerprint density at radius 2 is 1.94 bits per heavy atom. The molecule has 1 saturated heterocycles. The van der Waals surface area contributed by atoms with Crippen molar-refractivity contribution in [3.8, 4) is 22.8 Å². The third-order valence-electron chi connectivity index (χ3n) is 5.68. The zero-order chi connectivity index (χ0) is 21.8. The van der Waals surface area contributed by atoms with Crippen molar-refractivity contribution in [3.05, 3.63) is 58.2 Å². The summed E-state index contributed by atoms with van der Waals surface area (Å²) in [5.41, 5.74) is 4.38. The summed E-state index contributed by atoms with van der Waals surface area (Å²) in [7, 11) is 3.36. The van der Waals surface area contributed by atoms with E-state index < -0.39 is 0 Å². The highest BCUT2D eigenvalue weighted by Gasteiger charge is 2.20. The smallest absolute Gasteiger partial charge is 0.190 e. The lowest BCUT2D eigenvalue weighted by Crippen LogP contribution is -2.24. The van der Waals surface area contributed by atoms with Gasteiger partial charge in [0.2, 0.25) is 0 Å². The van der Waals surface area contributed by atoms with Crippen molar-refractivity contribution in [3.63, 3.8) is 0 Å². The molecule has 1 aromatic heterocycles. The van der Waals surface area contributed by atoms with E-state index in [1.54, 1.807) is 25.6 Å². The van der Waals surface area contributed by atoms with Gasteiger partial charge in [0.25, 0.3) is 0 Å². The van der Waals surface area contributed by atoms with Crippen LogP contribution in [0.3, 0.4) is 0 Å². The standard InChI is InChI=1S/C25H30N2O3S/c1-17(2)18-7-9-19(10-8-18)26-25-27(15-21-6-5-13-30-21)23(16-31-25)22-12-11-20(28-3)14-24(22)29-4/h7-12,14,16-17,21H,5-6,13,15H2,1-4H3. The third-order valence-corrected chi connectivity index (χ3v) is 6.54. The first-order valence-corrected chi connectivity index (χ1v) is 11.6. The van der Waals surface area contributed by atoms with Crippen LogP contribution >= 0.6 is 11.3 Å². The fraction of sp³-hybridized carbons (Fsp3) is 0.400. The van der Waals surface area contributed by atoms with Crippen molar-refractivity contribution in [2.75, 3.05) is 20.8 Å². The van der Waals surface area contributed by atoms with E-state index in [0.29, 0.717) is 5.92 Å². The molecule has 0 aliphatic carbocycles. The van der Waals surface area contributed by atoms with Crippen LogP contribution in [0.15, 0.2) is 52.8 Å². The molecule has 2 aromatic carbocycles. The molecule has 5 nitrogen and oxygen atoms in total. The maximum absolute atomic E-state index is 5.95. The zero-order valence-electron chi connectivity index (χ0n) is 18.6. The minimum Gasteiger partial charge on any atom is -0.497 e. The number of ether oxygens (including phenoxy) is 3. The fourth-order valence-corrected chi connectivity index (χ4v) is 4.79. The van der Waals surface area contributed by atoms with Gasteiger partial charge in [-0.25, -0.2) is 4.99 Å². The molecule has 1 fully saturated rings. The minimum atomic E-state index is 0.208. The lowest BCUT2D eigenvalue weighted by molar-refractivity contribution is 0.0968. The molecule has 0 spiro atoms. The average Bonchev–Trinajstić information content (AvgIpc) is 3.44. The second-order valence-electron chi connectivity index (χ2n) is 8.07. The van der Waals surface area contributed by atoms with Gasteiger partial charge in [-0.1, -0.05) is 26.0 Å². The van der Waals surface area contributed by atoms with Crippen LogP contribution in [0.1, 0.15) is 38.2 Å². The Morgan fingerprint density at radius 1 is 1.13 bits per heavy atom. The lowest BCUT2D eigenvalue weighted by Gasteiger charge is -2.16. The van der Waals surface area contributed by atoms with Gasteiger partial charge in [0.1, 0.15) is 11.5 Å². The number of hydrogen-bond donors (Lipinski definition) is 0. The number of benzene rings is 2. The summed E-state index contributed by atoms with van der Waals surface area (Å²) in [6.45, 7) is 6.02. The van der Waals surface area contributed by atoms with Crippen molar-refractivity contribution in [2.45, 2.75) is 45.3 Å². The topological polar surface area (TPSA) is 45.0 Å². The molecule has 2 heterocycles. The maximum Gasteiger partial charge on any atom is 0.190 e. The van der Waals surface area contributed by atoms with Gasteiger partial charge in [-0.2, -0.15) is 0 Å². The second-order valence-corrected chi connectivity index (χ2v) is 8.91. The van der Waals surface area contributed by atoms with Gasteiger partial charge in [-0.05, 0) is 48.6 Å². The predicted molar refractivity (Wildman–Crippen MR) is 126 cm³/mol. The lowest BCUT2D eigenvalue weighted by atomic mass is 10.0. The Bertz CT molecular complexity index is 1080. The highest BCUT2D eigenvalue weighted by atomic mass is 32.1. The molecule has 1 atom stereocenters. The predicted octanol–water partition coefficient (Wildman–Crippen LogP) is 5.77. The van der Waals surface area contributed by atoms with E-state index in [9.17, 15) is 0 Å². The van der Waals surface area contributed by atoms with Crippen LogP contribution in [0.4, 0.5) is 5.69 Å². The van der Waals surface area contributed by atoms with Crippen LogP contribution in [0.2, 0.25) is 0 Å². The molecule has 0 amide bonds. The van der Waals surface area contributed by atoms with E-state index in [1.165, 1.54) is 5.56 Å². The highest BCUT2D eigenvalue weighted by Crippen LogP contribution is 2.34. The molecule has 31 heavy (non-hydrogen) atoms. The molecule has 0 N–H and O–H groups in total. The third kappa shape index (κ3) is 4.86. The van der Waals surface area contributed by atoms with E-state index in [-0.39, 0.29) is 6.10 Å². The Kier molecular flexibility index (Phi) is 6.78. The number of thiazole rings is 1. The van der Waals surface area contributed by atoms with E-state index in [2.05, 4.69) is 48.1 Å². The highest BCUT2D eigenvalue weighted by molar-refractivity contribution is 7.07. The largest absolute Gasteiger partial charge is 0.497 e. The molecule has 164 valence electrons. The summed E-state index contributed by atoms with van der Waals surface area (Å²) in [5, 5.41) is 2.15. The normalized spacial score (nSPS) is 16.8. The van der Waals surface area contributed by atoms with Crippen LogP contribution < -0.4 is 14.3 Å². The van der Waals surface area contributed by atoms with Gasteiger partial charge >= 0.3 is 0 Å². The summed E-state index contributed by atoms with van der Waals surface area (Å²) in [4.78, 5) is 5.94. The van der Waals surface area contributed by atoms with E-state index >= 15 is 0 Å². The number of methoxy groups -OCH3 is 2. The van der Waals surface area contributed by atoms with Crippen LogP contribution in [0, 0.1) is 0 Å². The monoisotopic (exact) mass is 438 g/mol. The van der Waals surface area contributed by atoms with Crippen LogP contribution in [0.5, 0.6) is 11.5 Å². The second kappa shape index (κ2) is 9.71. The Morgan fingerprint density at radius 3 is 2.58 bits per heavy atom. The molecule has 0 saturated carbocycles. The van der Waals surface area contributed by atoms with Crippen molar-refractivity contribution in [1.29, 1.82) is 0 Å². The summed E-state index contributed by atoms with van der Waals surface area (Å²) < 4.78 is 19.3. The number of aromatic nitrogens is 1. The Labute approximate surface area is 187 Å². The molecule has 3 aromatic rings. The van der Waals surface area contributed by atoms with E-state index in [1.807, 2.05) is 18.2 Å². The summed E-state index contributed by atoms with van der Waals surface area (Å²) in [5.74, 6) is 2.07. The number of nitrogens with zero attached hydrogens (tertiary/aromatic N) is 2. The van der Waals surface area contributed by atoms with E-state index in [4.69, 9.17) is 19.2 Å². The van der Waals surface area contributed by atoms with Crippen molar-refractivity contribution in [2.24, 2.45) is 4.99 Å². The van der Waals surface area contributed by atoms with Crippen molar-refractivity contribution >= 4 is 17.0 Å². The summed E-state index contributed by atoms with van der Waals surface area (Å²) in [6.07, 6.45) is 2.39. The molecule has 0 bridgehead atoms. The van der Waals surface area contributed by atoms with Gasteiger partial charge in [0, 0.05) is 23.6 Å². The minimum absolute atomic E-state index is 0.208. The molecule has 6 heteroatoms. The molecule has 1 aliphatic heterocycles. The average molecular weight is 439 g/mol. The Balaban J connectivity index is 1.79. The van der Waals surface area contributed by atoms with Gasteiger partial charge in [-0.15, -0.1) is 11.3 Å². The van der Waals surface area contributed by atoms with Crippen LogP contribution in [0.25, 0.3) is 11.3 Å². The van der Waals surface area contributed by atoms with Crippen molar-refractivity contribution in [1.82, 2.24) is 4.57 Å². The zero-order valence-corrected chi connectivity index (χ0v) is 19.4. The van der Waals surface area contributed by atoms with Crippen LogP contribution in [-0.2, 0) is 11.3 Å². The summed E-state index contributed by atoms with van der Waals surface area (Å²) in [6, 6.07) is 14.5. The van der Waals surface area contributed by atoms with Gasteiger partial charge < -0.3 is 18.8 Å². The number of rotatable bonds is 7. The Hall–Kier alpha value is -2.57. The molecule has 1 aliphatic rings. The van der Waals surface area contributed by atoms with Crippen LogP contribution in [-0.4, -0.2) is 31.5 Å². The molecular formula is C25H30N2O3S. The molecular weight excluding hydrogens is 408 g/mol. The van der Waals surface area contributed by atoms with E-state index in [0.717, 1.165) is 59.2 Å². The fourth-order valence-electron chi connectivity index (χ4n) is 3.86. The number of hydrogen-bond acceptors (Lipinski definition) is 5. The SMILES string of the molecule is COc1ccc(-c2csc(=Nc3ccc(C(C)C)cc3)n2CC2CCCO2)c(OC)c1. The molecule has 4 rings (SSSR count). The molecule has 1 unspecified atom stereocenters. The molecule has 0 radical (unpaired) electrons. The summed E-state index contributed by atoms with van der Waals surface area (Å²) >= 11 is 1.64. The maximum atomic E-state index is 5.95. The van der Waals surface area contributed by atoms with Gasteiger partial charge in [0.05, 0.1) is 38.2 Å². The van der Waals surface area contributed by atoms with Gasteiger partial charge in [-0.3, -0.25) is 0 Å².